The van der Waals surface area contributed by atoms with E-state index in [1.165, 1.54) is 6.33 Å². The molecule has 11 nitrogen and oxygen atoms in total. The van der Waals surface area contributed by atoms with Crippen molar-refractivity contribution < 1.29 is 40.0 Å². The van der Waals surface area contributed by atoms with Gasteiger partial charge in [0.1, 0.15) is 46.2 Å². The zero-order valence-corrected chi connectivity index (χ0v) is 46.4. The fourth-order valence-electron chi connectivity index (χ4n) is 11.6. The first kappa shape index (κ1) is 55.7. The van der Waals surface area contributed by atoms with Crippen LogP contribution in [-0.4, -0.2) is 58.4 Å². The van der Waals surface area contributed by atoms with E-state index in [0.29, 0.717) is 33.4 Å². The number of aromatic nitrogens is 4. The van der Waals surface area contributed by atoms with Crippen LogP contribution >= 0.6 is 12.2 Å². The summed E-state index contributed by atoms with van der Waals surface area (Å²) in [7, 11) is -6.44. The van der Waals surface area contributed by atoms with Crippen molar-refractivity contribution in [3.63, 3.8) is 0 Å². The van der Waals surface area contributed by atoms with Crippen LogP contribution in [-0.2, 0) is 45.3 Å². The van der Waals surface area contributed by atoms with Crippen LogP contribution in [0.2, 0.25) is 0 Å². The summed E-state index contributed by atoms with van der Waals surface area (Å²) in [6.45, 7) is -0.563. The topological polar surface area (TPSA) is 130 Å². The Labute approximate surface area is 489 Å². The Balaban J connectivity index is 1.09. The first-order valence-corrected chi connectivity index (χ1v) is 29.0. The van der Waals surface area contributed by atoms with Gasteiger partial charge in [0, 0.05) is 0 Å². The number of rotatable bonds is 19. The number of aromatic amines is 1. The van der Waals surface area contributed by atoms with E-state index in [1.54, 1.807) is 4.57 Å². The summed E-state index contributed by atoms with van der Waals surface area (Å²) in [6.07, 6.45) is -5.65. The van der Waals surface area contributed by atoms with Gasteiger partial charge < -0.3 is 24.5 Å². The normalized spacial score (nSPS) is 16.8. The molecule has 16 heteroatoms. The van der Waals surface area contributed by atoms with Crippen molar-refractivity contribution in [2.75, 3.05) is 11.9 Å². The summed E-state index contributed by atoms with van der Waals surface area (Å²) >= 11 is 6.09. The van der Waals surface area contributed by atoms with E-state index in [1.807, 2.05) is 273 Å². The van der Waals surface area contributed by atoms with E-state index in [9.17, 15) is 8.42 Å². The second-order valence-corrected chi connectivity index (χ2v) is 22.1. The van der Waals surface area contributed by atoms with E-state index >= 15 is 13.2 Å². The van der Waals surface area contributed by atoms with Gasteiger partial charge in [-0.25, -0.2) is 9.97 Å². The monoisotopic (exact) mass is 1160 g/mol. The van der Waals surface area contributed by atoms with Gasteiger partial charge in [0.05, 0.1) is 12.9 Å². The van der Waals surface area contributed by atoms with Crippen LogP contribution in [0.25, 0.3) is 11.2 Å². The summed E-state index contributed by atoms with van der Waals surface area (Å²) in [4.78, 5) is 13.1. The second-order valence-electron chi connectivity index (χ2n) is 20.2. The van der Waals surface area contributed by atoms with Gasteiger partial charge >= 0.3 is 15.6 Å². The Hall–Kier alpha value is -8.87. The fourth-order valence-corrected chi connectivity index (χ4v) is 12.4. The van der Waals surface area contributed by atoms with Crippen LogP contribution in [0.1, 0.15) is 56.3 Å². The molecule has 9 aromatic carbocycles. The van der Waals surface area contributed by atoms with Gasteiger partial charge in [0.15, 0.2) is 10.9 Å². The molecule has 0 bridgehead atoms. The molecule has 84 heavy (non-hydrogen) atoms. The number of H-pyrrole nitrogens is 1. The third-order valence-electron chi connectivity index (χ3n) is 15.3. The highest BCUT2D eigenvalue weighted by molar-refractivity contribution is 7.87. The number of hydrogen-bond donors (Lipinski definition) is 2. The molecule has 0 spiro atoms. The Morgan fingerprint density at radius 1 is 0.512 bits per heavy atom. The summed E-state index contributed by atoms with van der Waals surface area (Å²) in [5.74, 6) is 0.180. The molecule has 1 aliphatic heterocycles. The molecule has 11 aromatic rings. The van der Waals surface area contributed by atoms with Crippen molar-refractivity contribution >= 4 is 39.4 Å². The Kier molecular flexibility index (Phi) is 15.5. The SMILES string of the molecule is O=S(=O)(O[C@H]1[C@@H](OC(c2ccccc2)(c2ccccc2)c2ccccc2)[C@H](n2cnc3c(=S)nc(NC(c4ccccc4)(c4ccccc4)c4ccccc4)[nH]c32)O[C@@H]1COC(c1ccccc1)(c1ccccc1)c1ccccc1)C(F)(F)F. The Morgan fingerprint density at radius 3 is 1.21 bits per heavy atom. The number of benzene rings is 9. The smallest absolute Gasteiger partial charge is 0.358 e. The van der Waals surface area contributed by atoms with E-state index in [2.05, 4.69) is 10.3 Å². The van der Waals surface area contributed by atoms with Gasteiger partial charge in [-0.05, 0) is 50.1 Å². The largest absolute Gasteiger partial charge is 0.523 e. The molecule has 0 aliphatic carbocycles. The third-order valence-corrected chi connectivity index (χ3v) is 16.6. The minimum Gasteiger partial charge on any atom is -0.358 e. The van der Waals surface area contributed by atoms with Crippen molar-refractivity contribution in [2.45, 2.75) is 46.8 Å². The lowest BCUT2D eigenvalue weighted by molar-refractivity contribution is -0.122. The van der Waals surface area contributed by atoms with E-state index in [-0.39, 0.29) is 21.8 Å². The molecule has 2 N–H and O–H groups in total. The molecular formula is C68H54F3N5O6S2. The second kappa shape index (κ2) is 23.4. The highest BCUT2D eigenvalue weighted by atomic mass is 32.2. The number of halogens is 3. The van der Waals surface area contributed by atoms with Crippen molar-refractivity contribution in [1.29, 1.82) is 0 Å². The number of ether oxygens (including phenoxy) is 3. The number of fused-ring (bicyclic) bond motifs is 1. The van der Waals surface area contributed by atoms with Crippen LogP contribution in [0, 0.1) is 4.64 Å². The predicted octanol–water partition coefficient (Wildman–Crippen LogP) is 14.4. The lowest BCUT2D eigenvalue weighted by atomic mass is 9.77. The Bertz CT molecular complexity index is 3850. The van der Waals surface area contributed by atoms with Crippen LogP contribution in [0.4, 0.5) is 19.1 Å². The van der Waals surface area contributed by atoms with Crippen molar-refractivity contribution in [1.82, 2.24) is 19.5 Å². The number of hydrogen-bond acceptors (Lipinski definition) is 10. The predicted molar refractivity (Wildman–Crippen MR) is 319 cm³/mol. The average Bonchev–Trinajstić information content (AvgIpc) is 3.15. The number of nitrogens with zero attached hydrogens (tertiary/aromatic N) is 3. The maximum atomic E-state index is 15.2. The molecule has 2 aromatic heterocycles. The Morgan fingerprint density at radius 2 is 0.857 bits per heavy atom. The van der Waals surface area contributed by atoms with E-state index < -0.39 is 63.5 Å². The summed E-state index contributed by atoms with van der Waals surface area (Å²) in [5.41, 5.74) is -3.53. The molecular weight excluding hydrogens is 1100 g/mol. The van der Waals surface area contributed by atoms with Gasteiger partial charge in [-0.15, -0.1) is 0 Å². The quantitative estimate of drug-likeness (QED) is 0.0349. The molecule has 12 rings (SSSR count). The van der Waals surface area contributed by atoms with E-state index in [0.717, 1.165) is 16.7 Å². The van der Waals surface area contributed by atoms with Crippen LogP contribution < -0.4 is 5.32 Å². The molecule has 0 radical (unpaired) electrons. The first-order valence-electron chi connectivity index (χ1n) is 27.1. The fraction of sp³-hybridized carbons (Fsp3) is 0.132. The van der Waals surface area contributed by atoms with Gasteiger partial charge in [0.2, 0.25) is 5.95 Å². The minimum absolute atomic E-state index is 0.0569. The average molecular weight is 1160 g/mol. The molecule has 1 aliphatic rings. The van der Waals surface area contributed by atoms with Gasteiger partial charge in [-0.1, -0.05) is 285 Å². The molecule has 420 valence electrons. The van der Waals surface area contributed by atoms with E-state index in [4.69, 9.17) is 40.6 Å². The highest BCUT2D eigenvalue weighted by Gasteiger charge is 2.58. The number of nitrogens with one attached hydrogen (secondary N) is 2. The molecule has 4 atom stereocenters. The molecule has 0 unspecified atom stereocenters. The van der Waals surface area contributed by atoms with Gasteiger partial charge in [-0.3, -0.25) is 8.75 Å². The zero-order valence-electron chi connectivity index (χ0n) is 44.8. The van der Waals surface area contributed by atoms with Crippen LogP contribution in [0.15, 0.2) is 279 Å². The summed E-state index contributed by atoms with van der Waals surface area (Å²) in [6, 6.07) is 85.1. The van der Waals surface area contributed by atoms with Crippen molar-refractivity contribution in [2.24, 2.45) is 0 Å². The van der Waals surface area contributed by atoms with Gasteiger partial charge in [-0.2, -0.15) is 21.6 Å². The molecule has 1 saturated heterocycles. The maximum Gasteiger partial charge on any atom is 0.523 e. The molecule has 3 heterocycles. The molecule has 1 fully saturated rings. The van der Waals surface area contributed by atoms with Crippen molar-refractivity contribution in [3.8, 4) is 0 Å². The number of alkyl halides is 3. The van der Waals surface area contributed by atoms with Gasteiger partial charge in [0.25, 0.3) is 0 Å². The summed E-state index contributed by atoms with van der Waals surface area (Å²) < 4.78 is 103. The third kappa shape index (κ3) is 10.3. The highest BCUT2D eigenvalue weighted by Crippen LogP contribution is 2.49. The van der Waals surface area contributed by atoms with Crippen molar-refractivity contribution in [3.05, 3.63) is 334 Å². The lowest BCUT2D eigenvalue weighted by Crippen LogP contribution is -2.48. The molecule has 0 saturated carbocycles. The standard InChI is InChI=1S/C68H54F3N5O6S2/c69-68(70,71)84(77,78)82-59-57(46-79-66(51-34-16-4-17-35-51,52-36-18-5-19-37-52)53-38-20-6-21-39-53)80-63(60(59)81-67(54-40-22-7-23-41-54,55-42-24-8-25-43-55)56-44-26-9-27-45-56)76-47-72-58-61(76)73-64(74-62(58)83)75-65(48-28-10-1-11-29-48,49-30-12-2-13-31-49)50-32-14-3-15-33-50/h1-45,47,57,59-60,63H,46H2,(H2,73,74,75,83)/t57-,59-,60-,63-/m1/s1. The number of anilines is 1. The maximum absolute atomic E-state index is 15.2. The summed E-state index contributed by atoms with van der Waals surface area (Å²) in [5, 5.41) is 3.75. The zero-order chi connectivity index (χ0) is 57.8. The molecule has 0 amide bonds. The number of imidazole rings is 1. The first-order chi connectivity index (χ1) is 40.9. The minimum atomic E-state index is -6.44. The lowest BCUT2D eigenvalue weighted by Gasteiger charge is -2.40. The van der Waals surface area contributed by atoms with Crippen LogP contribution in [0.3, 0.4) is 0 Å². The van der Waals surface area contributed by atoms with Crippen LogP contribution in [0.5, 0.6) is 0 Å².